The number of hydrogen-bond acceptors (Lipinski definition) is 3. The summed E-state index contributed by atoms with van der Waals surface area (Å²) >= 11 is 6.05. The maximum atomic E-state index is 13.8. The first-order valence-corrected chi connectivity index (χ1v) is 13.2. The van der Waals surface area contributed by atoms with Gasteiger partial charge in [-0.1, -0.05) is 61.9 Å². The van der Waals surface area contributed by atoms with Gasteiger partial charge in [0.05, 0.1) is 0 Å². The normalized spacial score (nSPS) is 12.6. The molecular weight excluding hydrogens is 466 g/mol. The number of hydrogen-bond donors (Lipinski definition) is 1. The maximum Gasteiger partial charge on any atom is 0.247 e. The fraction of sp³-hybridized carbons (Fsp3) is 0.286. The van der Waals surface area contributed by atoms with E-state index in [9.17, 15) is 13.5 Å². The molecule has 0 aromatic heterocycles. The van der Waals surface area contributed by atoms with Crippen LogP contribution < -0.4 is 0 Å². The third-order valence-corrected chi connectivity index (χ3v) is 8.08. The summed E-state index contributed by atoms with van der Waals surface area (Å²) in [5.74, 6) is -0.233. The third-order valence-electron chi connectivity index (χ3n) is 6.01. The second-order valence-corrected chi connectivity index (χ2v) is 11.1. The lowest BCUT2D eigenvalue weighted by Gasteiger charge is -2.26. The van der Waals surface area contributed by atoms with Crippen LogP contribution in [0.15, 0.2) is 72.1 Å². The lowest BCUT2D eigenvalue weighted by molar-refractivity contribution is 0.372. The van der Waals surface area contributed by atoms with E-state index in [4.69, 9.17) is 11.6 Å². The van der Waals surface area contributed by atoms with Crippen LogP contribution in [0.5, 0.6) is 5.75 Å². The second-order valence-electron chi connectivity index (χ2n) is 8.79. The van der Waals surface area contributed by atoms with Crippen molar-refractivity contribution in [1.29, 1.82) is 0 Å². The molecule has 1 N–H and O–H groups in total. The van der Waals surface area contributed by atoms with Crippen LogP contribution in [0.4, 0.5) is 0 Å². The number of aromatic hydroxyl groups is 1. The van der Waals surface area contributed by atoms with Crippen molar-refractivity contribution in [3.63, 3.8) is 0 Å². The Morgan fingerprint density at radius 2 is 1.76 bits per heavy atom. The van der Waals surface area contributed by atoms with E-state index in [0.717, 1.165) is 27.8 Å². The van der Waals surface area contributed by atoms with E-state index in [0.29, 0.717) is 17.0 Å². The SMILES string of the molecule is C=CC(C)CN(Cc1ccc(C)c(-c2ccc(Cl)cc2)c1)S(=O)(=O)c1cc(C)cc(CC)c1O. The maximum absolute atomic E-state index is 13.8. The van der Waals surface area contributed by atoms with Crippen molar-refractivity contribution in [3.05, 3.63) is 94.5 Å². The van der Waals surface area contributed by atoms with Gasteiger partial charge in [-0.3, -0.25) is 0 Å². The molecule has 1 unspecified atom stereocenters. The fourth-order valence-electron chi connectivity index (χ4n) is 3.98. The van der Waals surface area contributed by atoms with Gasteiger partial charge in [0.1, 0.15) is 10.6 Å². The standard InChI is InChI=1S/C28H32ClNO3S/c1-6-19(3)17-30(34(32,33)27-15-20(4)14-23(7-2)28(27)31)18-22-9-8-21(5)26(16-22)24-10-12-25(29)13-11-24/h6,8-16,19,31H,1,7,17-18H2,2-5H3. The zero-order valence-electron chi connectivity index (χ0n) is 20.2. The molecule has 3 rings (SSSR count). The number of benzene rings is 3. The van der Waals surface area contributed by atoms with Crippen LogP contribution in [0.3, 0.4) is 0 Å². The van der Waals surface area contributed by atoms with Gasteiger partial charge in [-0.05, 0) is 83.8 Å². The molecule has 0 heterocycles. The first-order valence-electron chi connectivity index (χ1n) is 11.4. The van der Waals surface area contributed by atoms with Gasteiger partial charge in [0.25, 0.3) is 0 Å². The first-order chi connectivity index (χ1) is 16.1. The smallest absolute Gasteiger partial charge is 0.247 e. The van der Waals surface area contributed by atoms with E-state index in [1.165, 1.54) is 4.31 Å². The molecule has 0 saturated carbocycles. The monoisotopic (exact) mass is 497 g/mol. The number of nitrogens with zero attached hydrogens (tertiary/aromatic N) is 1. The Morgan fingerprint density at radius 1 is 1.09 bits per heavy atom. The highest BCUT2D eigenvalue weighted by Gasteiger charge is 2.29. The zero-order valence-corrected chi connectivity index (χ0v) is 21.7. The van der Waals surface area contributed by atoms with Gasteiger partial charge >= 0.3 is 0 Å². The quantitative estimate of drug-likeness (QED) is 0.327. The summed E-state index contributed by atoms with van der Waals surface area (Å²) in [4.78, 5) is -0.0503. The van der Waals surface area contributed by atoms with E-state index < -0.39 is 10.0 Å². The molecule has 0 aliphatic carbocycles. The van der Waals surface area contributed by atoms with Crippen molar-refractivity contribution in [2.24, 2.45) is 5.92 Å². The summed E-state index contributed by atoms with van der Waals surface area (Å²) in [7, 11) is -3.97. The van der Waals surface area contributed by atoms with Gasteiger partial charge in [0.2, 0.25) is 10.0 Å². The molecule has 0 spiro atoms. The van der Waals surface area contributed by atoms with Crippen LogP contribution >= 0.6 is 11.6 Å². The molecule has 34 heavy (non-hydrogen) atoms. The summed E-state index contributed by atoms with van der Waals surface area (Å²) < 4.78 is 29.0. The van der Waals surface area contributed by atoms with E-state index in [-0.39, 0.29) is 29.7 Å². The van der Waals surface area contributed by atoms with Gasteiger partial charge in [0.15, 0.2) is 0 Å². The van der Waals surface area contributed by atoms with Crippen molar-refractivity contribution in [1.82, 2.24) is 4.31 Å². The molecule has 6 heteroatoms. The number of sulfonamides is 1. The topological polar surface area (TPSA) is 57.6 Å². The molecular formula is C28H32ClNO3S. The molecule has 180 valence electrons. The van der Waals surface area contributed by atoms with Crippen molar-refractivity contribution < 1.29 is 13.5 Å². The third kappa shape index (κ3) is 5.72. The average molecular weight is 498 g/mol. The molecule has 0 aliphatic heterocycles. The van der Waals surface area contributed by atoms with Gasteiger partial charge in [-0.15, -0.1) is 6.58 Å². The molecule has 0 fully saturated rings. The minimum atomic E-state index is -3.97. The fourth-order valence-corrected chi connectivity index (χ4v) is 5.84. The van der Waals surface area contributed by atoms with Crippen LogP contribution in [0, 0.1) is 19.8 Å². The molecule has 1 atom stereocenters. The highest BCUT2D eigenvalue weighted by atomic mass is 35.5. The molecule has 0 bridgehead atoms. The Hall–Kier alpha value is -2.60. The van der Waals surface area contributed by atoms with Crippen LogP contribution in [0.1, 0.15) is 36.1 Å². The number of phenolic OH excluding ortho intramolecular Hbond substituents is 1. The Labute approximate surface area is 208 Å². The molecule has 3 aromatic carbocycles. The van der Waals surface area contributed by atoms with Crippen molar-refractivity contribution in [2.45, 2.75) is 45.6 Å². The molecule has 0 radical (unpaired) electrons. The van der Waals surface area contributed by atoms with E-state index in [1.807, 2.05) is 76.2 Å². The lowest BCUT2D eigenvalue weighted by Crippen LogP contribution is -2.34. The van der Waals surface area contributed by atoms with E-state index in [1.54, 1.807) is 12.1 Å². The molecule has 0 aliphatic rings. The van der Waals surface area contributed by atoms with Crippen molar-refractivity contribution in [2.75, 3.05) is 6.54 Å². The molecule has 4 nitrogen and oxygen atoms in total. The van der Waals surface area contributed by atoms with Crippen LogP contribution in [0.2, 0.25) is 5.02 Å². The molecule has 0 saturated heterocycles. The van der Waals surface area contributed by atoms with Gasteiger partial charge in [-0.2, -0.15) is 4.31 Å². The number of rotatable bonds is 9. The zero-order chi connectivity index (χ0) is 25.0. The Morgan fingerprint density at radius 3 is 2.38 bits per heavy atom. The number of aryl methyl sites for hydroxylation is 3. The average Bonchev–Trinajstić information content (AvgIpc) is 2.81. The van der Waals surface area contributed by atoms with Gasteiger partial charge in [0, 0.05) is 18.1 Å². The largest absolute Gasteiger partial charge is 0.506 e. The minimum absolute atomic E-state index is 0.0503. The van der Waals surface area contributed by atoms with Crippen LogP contribution in [-0.4, -0.2) is 24.4 Å². The van der Waals surface area contributed by atoms with Gasteiger partial charge in [-0.25, -0.2) is 8.42 Å². The van der Waals surface area contributed by atoms with Crippen LogP contribution in [-0.2, 0) is 23.0 Å². The molecule has 3 aromatic rings. The Bertz CT molecular complexity index is 1280. The molecule has 0 amide bonds. The lowest BCUT2D eigenvalue weighted by atomic mass is 9.98. The Kier molecular flexibility index (Phi) is 8.24. The van der Waals surface area contributed by atoms with Crippen molar-refractivity contribution >= 4 is 21.6 Å². The summed E-state index contributed by atoms with van der Waals surface area (Å²) in [6, 6.07) is 16.9. The van der Waals surface area contributed by atoms with E-state index >= 15 is 0 Å². The summed E-state index contributed by atoms with van der Waals surface area (Å²) in [6.45, 7) is 11.9. The van der Waals surface area contributed by atoms with Crippen molar-refractivity contribution in [3.8, 4) is 16.9 Å². The van der Waals surface area contributed by atoms with Crippen LogP contribution in [0.25, 0.3) is 11.1 Å². The summed E-state index contributed by atoms with van der Waals surface area (Å²) in [5.41, 5.74) is 5.40. The predicted octanol–water partition coefficient (Wildman–Crippen LogP) is 6.90. The van der Waals surface area contributed by atoms with Gasteiger partial charge < -0.3 is 5.11 Å². The Balaban J connectivity index is 2.06. The first kappa shape index (κ1) is 26.0. The number of halogens is 1. The summed E-state index contributed by atoms with van der Waals surface area (Å²) in [5, 5.41) is 11.4. The predicted molar refractivity (Wildman–Crippen MR) is 141 cm³/mol. The summed E-state index contributed by atoms with van der Waals surface area (Å²) in [6.07, 6.45) is 2.28. The second kappa shape index (κ2) is 10.8. The number of phenols is 1. The van der Waals surface area contributed by atoms with E-state index in [2.05, 4.69) is 6.58 Å². The highest BCUT2D eigenvalue weighted by Crippen LogP contribution is 2.33. The highest BCUT2D eigenvalue weighted by molar-refractivity contribution is 7.89. The minimum Gasteiger partial charge on any atom is -0.506 e.